The van der Waals surface area contributed by atoms with Gasteiger partial charge in [0.25, 0.3) is 0 Å². The average Bonchev–Trinajstić information content (AvgIpc) is 3.46. The number of rotatable bonds is 6. The summed E-state index contributed by atoms with van der Waals surface area (Å²) in [6.07, 6.45) is 0.778. The molecule has 9 nitrogen and oxygen atoms in total. The van der Waals surface area contributed by atoms with Gasteiger partial charge in [0, 0.05) is 25.1 Å². The van der Waals surface area contributed by atoms with Gasteiger partial charge in [-0.1, -0.05) is 22.5 Å². The van der Waals surface area contributed by atoms with Crippen molar-refractivity contribution >= 4 is 16.9 Å². The van der Waals surface area contributed by atoms with Crippen LogP contribution in [0.5, 0.6) is 0 Å². The number of carbonyl (C=O) groups excluding carboxylic acids is 1. The minimum atomic E-state index is -0.285. The van der Waals surface area contributed by atoms with E-state index in [9.17, 15) is 9.18 Å². The second-order valence-corrected chi connectivity index (χ2v) is 7.57. The quantitative estimate of drug-likeness (QED) is 0.458. The number of benzene rings is 2. The van der Waals surface area contributed by atoms with Crippen molar-refractivity contribution in [3.63, 3.8) is 0 Å². The number of hydrogen-bond acceptors (Lipinski definition) is 7. The van der Waals surface area contributed by atoms with Gasteiger partial charge in [0.2, 0.25) is 17.6 Å². The molecule has 164 valence electrons. The van der Waals surface area contributed by atoms with Gasteiger partial charge in [-0.15, -0.1) is 5.10 Å². The summed E-state index contributed by atoms with van der Waals surface area (Å²) in [6, 6.07) is 11.8. The lowest BCUT2D eigenvalue weighted by Crippen LogP contribution is -2.41. The van der Waals surface area contributed by atoms with E-state index in [1.807, 2.05) is 23.1 Å². The highest BCUT2D eigenvalue weighted by atomic mass is 19.1. The van der Waals surface area contributed by atoms with E-state index in [1.54, 1.807) is 16.8 Å². The molecule has 0 radical (unpaired) electrons. The van der Waals surface area contributed by atoms with Crippen molar-refractivity contribution in [1.82, 2.24) is 30.0 Å². The van der Waals surface area contributed by atoms with Gasteiger partial charge >= 0.3 is 0 Å². The number of hydrogen-bond donors (Lipinski definition) is 0. The fraction of sp³-hybridized carbons (Fsp3) is 0.318. The maximum Gasteiger partial charge on any atom is 0.231 e. The normalized spacial score (nSPS) is 14.2. The Labute approximate surface area is 182 Å². The zero-order valence-corrected chi connectivity index (χ0v) is 17.3. The van der Waals surface area contributed by atoms with Crippen LogP contribution in [0.15, 0.2) is 47.0 Å². The van der Waals surface area contributed by atoms with Crippen LogP contribution in [-0.2, 0) is 22.5 Å². The number of morpholine rings is 1. The molecular weight excluding hydrogens is 415 g/mol. The first-order valence-electron chi connectivity index (χ1n) is 10.4. The summed E-state index contributed by atoms with van der Waals surface area (Å²) in [5, 5.41) is 12.5. The maximum atomic E-state index is 13.1. The summed E-state index contributed by atoms with van der Waals surface area (Å²) in [5.41, 5.74) is 3.15. The third-order valence-electron chi connectivity index (χ3n) is 5.41. The highest BCUT2D eigenvalue weighted by molar-refractivity contribution is 5.80. The molecule has 0 unspecified atom stereocenters. The Morgan fingerprint density at radius 2 is 1.91 bits per heavy atom. The molecule has 2 aromatic heterocycles. The van der Waals surface area contributed by atoms with E-state index in [-0.39, 0.29) is 11.7 Å². The van der Waals surface area contributed by atoms with Crippen LogP contribution < -0.4 is 0 Å². The summed E-state index contributed by atoms with van der Waals surface area (Å²) in [4.78, 5) is 18.6. The van der Waals surface area contributed by atoms with E-state index in [4.69, 9.17) is 9.26 Å². The number of aromatic nitrogens is 5. The molecule has 1 fully saturated rings. The first-order valence-corrected chi connectivity index (χ1v) is 10.4. The van der Waals surface area contributed by atoms with Crippen molar-refractivity contribution < 1.29 is 18.4 Å². The van der Waals surface area contributed by atoms with Crippen LogP contribution >= 0.6 is 0 Å². The lowest BCUT2D eigenvalue weighted by molar-refractivity contribution is -0.135. The molecule has 1 aliphatic heterocycles. The first kappa shape index (κ1) is 20.3. The largest absolute Gasteiger partial charge is 0.378 e. The minimum absolute atomic E-state index is 0.0917. The standard InChI is InChI=1S/C22H21FN6O3/c23-17-4-1-15(2-5-17)13-20-24-22(26-32-20)16-3-6-19-18(14-16)25-27-29(19)8-7-21(30)28-9-11-31-12-10-28/h1-6,14H,7-13H2. The van der Waals surface area contributed by atoms with Gasteiger partial charge in [0.05, 0.1) is 31.7 Å². The smallest absolute Gasteiger partial charge is 0.231 e. The molecular formula is C22H21FN6O3. The Bertz CT molecular complexity index is 1230. The van der Waals surface area contributed by atoms with E-state index in [2.05, 4.69) is 20.5 Å². The Morgan fingerprint density at radius 1 is 1.09 bits per heavy atom. The van der Waals surface area contributed by atoms with Gasteiger partial charge in [0.1, 0.15) is 11.3 Å². The number of amides is 1. The number of fused-ring (bicyclic) bond motifs is 1. The van der Waals surface area contributed by atoms with E-state index in [0.717, 1.165) is 16.6 Å². The predicted molar refractivity (Wildman–Crippen MR) is 112 cm³/mol. The van der Waals surface area contributed by atoms with E-state index in [0.29, 0.717) is 62.9 Å². The molecule has 1 aliphatic rings. The summed E-state index contributed by atoms with van der Waals surface area (Å²) in [6.45, 7) is 2.89. The van der Waals surface area contributed by atoms with Crippen molar-refractivity contribution in [2.75, 3.05) is 26.3 Å². The third kappa shape index (κ3) is 4.35. The van der Waals surface area contributed by atoms with Crippen LogP contribution in [-0.4, -0.2) is 62.2 Å². The minimum Gasteiger partial charge on any atom is -0.378 e. The number of aryl methyl sites for hydroxylation is 1. The number of carbonyl (C=O) groups is 1. The fourth-order valence-electron chi connectivity index (χ4n) is 3.67. The lowest BCUT2D eigenvalue weighted by Gasteiger charge is -2.26. The molecule has 3 heterocycles. The van der Waals surface area contributed by atoms with E-state index < -0.39 is 0 Å². The highest BCUT2D eigenvalue weighted by Gasteiger charge is 2.18. The SMILES string of the molecule is O=C(CCn1nnc2cc(-c3noc(Cc4ccc(F)cc4)n3)ccc21)N1CCOCC1. The van der Waals surface area contributed by atoms with Crippen LogP contribution in [0.3, 0.4) is 0 Å². The molecule has 0 N–H and O–H groups in total. The third-order valence-corrected chi connectivity index (χ3v) is 5.41. The van der Waals surface area contributed by atoms with Gasteiger partial charge in [-0.25, -0.2) is 9.07 Å². The van der Waals surface area contributed by atoms with Gasteiger partial charge < -0.3 is 14.2 Å². The highest BCUT2D eigenvalue weighted by Crippen LogP contribution is 2.22. The topological polar surface area (TPSA) is 99.2 Å². The van der Waals surface area contributed by atoms with E-state index >= 15 is 0 Å². The van der Waals surface area contributed by atoms with Gasteiger partial charge in [0.15, 0.2) is 0 Å². The molecule has 0 aliphatic carbocycles. The molecule has 32 heavy (non-hydrogen) atoms. The molecule has 1 saturated heterocycles. The van der Waals surface area contributed by atoms with Crippen LogP contribution in [0.4, 0.5) is 4.39 Å². The Balaban J connectivity index is 1.27. The van der Waals surface area contributed by atoms with Gasteiger partial charge in [-0.2, -0.15) is 4.98 Å². The van der Waals surface area contributed by atoms with Crippen molar-refractivity contribution in [2.45, 2.75) is 19.4 Å². The Hall–Kier alpha value is -3.66. The van der Waals surface area contributed by atoms with Crippen molar-refractivity contribution in [1.29, 1.82) is 0 Å². The molecule has 5 rings (SSSR count). The average molecular weight is 436 g/mol. The van der Waals surface area contributed by atoms with Crippen LogP contribution in [0.1, 0.15) is 17.9 Å². The number of ether oxygens (including phenoxy) is 1. The predicted octanol–water partition coefficient (Wildman–Crippen LogP) is 2.46. The van der Waals surface area contributed by atoms with Crippen LogP contribution in [0.2, 0.25) is 0 Å². The Kier molecular flexibility index (Phi) is 5.59. The van der Waals surface area contributed by atoms with E-state index in [1.165, 1.54) is 12.1 Å². The lowest BCUT2D eigenvalue weighted by atomic mass is 10.1. The summed E-state index contributed by atoms with van der Waals surface area (Å²) in [7, 11) is 0. The van der Waals surface area contributed by atoms with Crippen molar-refractivity contribution in [3.05, 3.63) is 59.7 Å². The van der Waals surface area contributed by atoms with Crippen molar-refractivity contribution in [3.8, 4) is 11.4 Å². The molecule has 2 aromatic carbocycles. The fourth-order valence-corrected chi connectivity index (χ4v) is 3.67. The van der Waals surface area contributed by atoms with Crippen LogP contribution in [0.25, 0.3) is 22.4 Å². The van der Waals surface area contributed by atoms with Gasteiger partial charge in [-0.05, 0) is 35.9 Å². The summed E-state index contributed by atoms with van der Waals surface area (Å²) < 4.78 is 25.4. The summed E-state index contributed by atoms with van der Waals surface area (Å²) >= 11 is 0. The van der Waals surface area contributed by atoms with Crippen molar-refractivity contribution in [2.24, 2.45) is 0 Å². The van der Waals surface area contributed by atoms with Gasteiger partial charge in [-0.3, -0.25) is 4.79 Å². The monoisotopic (exact) mass is 436 g/mol. The number of halogens is 1. The molecule has 0 atom stereocenters. The molecule has 1 amide bonds. The molecule has 4 aromatic rings. The maximum absolute atomic E-state index is 13.1. The molecule has 0 spiro atoms. The zero-order valence-electron chi connectivity index (χ0n) is 17.3. The second-order valence-electron chi connectivity index (χ2n) is 7.57. The zero-order chi connectivity index (χ0) is 21.9. The number of nitrogens with zero attached hydrogens (tertiary/aromatic N) is 6. The summed E-state index contributed by atoms with van der Waals surface area (Å²) in [5.74, 6) is 0.693. The second kappa shape index (κ2) is 8.83. The van der Waals surface area contributed by atoms with Crippen LogP contribution in [0, 0.1) is 5.82 Å². The first-order chi connectivity index (χ1) is 15.7. The molecule has 0 saturated carbocycles. The molecule has 10 heteroatoms. The molecule has 0 bridgehead atoms. The Morgan fingerprint density at radius 3 is 2.72 bits per heavy atom.